The van der Waals surface area contributed by atoms with E-state index in [0.717, 1.165) is 25.1 Å². The highest BCUT2D eigenvalue weighted by molar-refractivity contribution is 5.23. The highest BCUT2D eigenvalue weighted by atomic mass is 16.5. The van der Waals surface area contributed by atoms with E-state index in [9.17, 15) is 0 Å². The first-order chi connectivity index (χ1) is 9.72. The maximum atomic E-state index is 5.52. The Balaban J connectivity index is 2.01. The second-order valence-electron chi connectivity index (χ2n) is 4.64. The van der Waals surface area contributed by atoms with Crippen molar-refractivity contribution >= 4 is 0 Å². The molecule has 0 bridgehead atoms. The molecule has 0 radical (unpaired) electrons. The van der Waals surface area contributed by atoms with Gasteiger partial charge in [-0.2, -0.15) is 4.98 Å². The Morgan fingerprint density at radius 1 is 1.30 bits per heavy atom. The Kier molecular flexibility index (Phi) is 5.06. The zero-order valence-electron chi connectivity index (χ0n) is 12.2. The molecular weight excluding hydrogens is 254 g/mol. The summed E-state index contributed by atoms with van der Waals surface area (Å²) in [5.41, 5.74) is 1.03. The molecule has 2 rings (SSSR count). The van der Waals surface area contributed by atoms with Crippen molar-refractivity contribution in [2.75, 3.05) is 6.54 Å². The van der Waals surface area contributed by atoms with Gasteiger partial charge in [-0.05, 0) is 31.5 Å². The molecule has 0 aromatic carbocycles. The molecule has 1 atom stereocenters. The quantitative estimate of drug-likeness (QED) is 0.841. The fraction of sp³-hybridized carbons (Fsp3) is 0.500. The number of rotatable bonds is 7. The third-order valence-electron chi connectivity index (χ3n) is 2.95. The summed E-state index contributed by atoms with van der Waals surface area (Å²) in [7, 11) is 1.80. The fourth-order valence-electron chi connectivity index (χ4n) is 1.91. The van der Waals surface area contributed by atoms with Crippen molar-refractivity contribution in [2.24, 2.45) is 7.05 Å². The lowest BCUT2D eigenvalue weighted by Crippen LogP contribution is -2.22. The van der Waals surface area contributed by atoms with Crippen molar-refractivity contribution in [3.8, 4) is 11.8 Å². The average molecular weight is 275 g/mol. The maximum absolute atomic E-state index is 5.52. The molecular formula is C14H21N5O. The number of aryl methyl sites for hydroxylation is 1. The molecule has 6 nitrogen and oxygen atoms in total. The summed E-state index contributed by atoms with van der Waals surface area (Å²) in [4.78, 5) is 8.47. The van der Waals surface area contributed by atoms with Crippen molar-refractivity contribution in [1.82, 2.24) is 25.1 Å². The first kappa shape index (κ1) is 14.5. The van der Waals surface area contributed by atoms with Crippen LogP contribution in [0.4, 0.5) is 0 Å². The monoisotopic (exact) mass is 275 g/mol. The zero-order valence-corrected chi connectivity index (χ0v) is 12.2. The van der Waals surface area contributed by atoms with Crippen LogP contribution in [0.2, 0.25) is 0 Å². The number of pyridine rings is 1. The molecule has 6 heteroatoms. The third-order valence-corrected chi connectivity index (χ3v) is 2.95. The van der Waals surface area contributed by atoms with E-state index in [2.05, 4.69) is 34.2 Å². The Bertz CT molecular complexity index is 523. The molecule has 2 aromatic heterocycles. The van der Waals surface area contributed by atoms with Gasteiger partial charge in [0.05, 0.1) is 11.9 Å². The zero-order chi connectivity index (χ0) is 14.4. The van der Waals surface area contributed by atoms with E-state index < -0.39 is 0 Å². The van der Waals surface area contributed by atoms with Gasteiger partial charge in [-0.1, -0.05) is 13.8 Å². The van der Waals surface area contributed by atoms with Crippen LogP contribution in [0, 0.1) is 0 Å². The smallest absolute Gasteiger partial charge is 0.341 e. The highest BCUT2D eigenvalue weighted by Gasteiger charge is 2.10. The summed E-state index contributed by atoms with van der Waals surface area (Å²) >= 11 is 0. The van der Waals surface area contributed by atoms with E-state index in [1.807, 2.05) is 12.1 Å². The molecule has 1 unspecified atom stereocenters. The molecule has 0 aliphatic carbocycles. The second-order valence-corrected chi connectivity index (χ2v) is 4.64. The molecule has 0 saturated carbocycles. The molecule has 0 aliphatic rings. The Labute approximate surface area is 119 Å². The molecule has 20 heavy (non-hydrogen) atoms. The van der Waals surface area contributed by atoms with Crippen molar-refractivity contribution in [3.63, 3.8) is 0 Å². The SMILES string of the molecule is CCCNC(CC)c1ccc(Oc2ncn(C)n2)cn1. The highest BCUT2D eigenvalue weighted by Crippen LogP contribution is 2.20. The molecule has 0 aliphatic heterocycles. The van der Waals surface area contributed by atoms with Crippen molar-refractivity contribution in [3.05, 3.63) is 30.4 Å². The first-order valence-electron chi connectivity index (χ1n) is 6.95. The minimum Gasteiger partial charge on any atom is -0.422 e. The van der Waals surface area contributed by atoms with E-state index in [4.69, 9.17) is 4.74 Å². The number of hydrogen-bond acceptors (Lipinski definition) is 5. The molecule has 0 amide bonds. The summed E-state index contributed by atoms with van der Waals surface area (Å²) in [6, 6.07) is 4.50. The largest absolute Gasteiger partial charge is 0.422 e. The Morgan fingerprint density at radius 3 is 2.70 bits per heavy atom. The normalized spacial score (nSPS) is 12.3. The van der Waals surface area contributed by atoms with Gasteiger partial charge in [-0.3, -0.25) is 9.67 Å². The lowest BCUT2D eigenvalue weighted by molar-refractivity contribution is 0.435. The van der Waals surface area contributed by atoms with Gasteiger partial charge in [0.25, 0.3) is 0 Å². The lowest BCUT2D eigenvalue weighted by Gasteiger charge is -2.16. The second kappa shape index (κ2) is 7.00. The van der Waals surface area contributed by atoms with E-state index in [0.29, 0.717) is 11.8 Å². The van der Waals surface area contributed by atoms with Crippen LogP contribution in [-0.2, 0) is 7.05 Å². The van der Waals surface area contributed by atoms with Crippen molar-refractivity contribution < 1.29 is 4.74 Å². The summed E-state index contributed by atoms with van der Waals surface area (Å²) in [5.74, 6) is 0.644. The maximum Gasteiger partial charge on any atom is 0.341 e. The average Bonchev–Trinajstić information content (AvgIpc) is 2.86. The van der Waals surface area contributed by atoms with Gasteiger partial charge in [0, 0.05) is 13.1 Å². The molecule has 1 N–H and O–H groups in total. The van der Waals surface area contributed by atoms with Crippen molar-refractivity contribution in [1.29, 1.82) is 0 Å². The van der Waals surface area contributed by atoms with Crippen LogP contribution in [-0.4, -0.2) is 26.3 Å². The van der Waals surface area contributed by atoms with Crippen LogP contribution in [0.25, 0.3) is 0 Å². The summed E-state index contributed by atoms with van der Waals surface area (Å²) in [6.07, 6.45) is 5.43. The van der Waals surface area contributed by atoms with Gasteiger partial charge in [-0.25, -0.2) is 0 Å². The topological polar surface area (TPSA) is 64.9 Å². The molecule has 0 spiro atoms. The molecule has 0 fully saturated rings. The standard InChI is InChI=1S/C14H21N5O/c1-4-8-15-12(5-2)13-7-6-11(9-16-13)20-14-17-10-19(3)18-14/h6-7,9-10,12,15H,4-5,8H2,1-3H3. The van der Waals surface area contributed by atoms with Crippen LogP contribution in [0.15, 0.2) is 24.7 Å². The van der Waals surface area contributed by atoms with E-state index >= 15 is 0 Å². The number of aromatic nitrogens is 4. The van der Waals surface area contributed by atoms with E-state index in [1.54, 1.807) is 24.3 Å². The van der Waals surface area contributed by atoms with Crippen LogP contribution in [0.1, 0.15) is 38.4 Å². The Morgan fingerprint density at radius 2 is 2.15 bits per heavy atom. The lowest BCUT2D eigenvalue weighted by atomic mass is 10.1. The van der Waals surface area contributed by atoms with E-state index in [-0.39, 0.29) is 6.04 Å². The van der Waals surface area contributed by atoms with Gasteiger partial charge in [-0.15, -0.1) is 5.10 Å². The number of nitrogens with one attached hydrogen (secondary N) is 1. The summed E-state index contributed by atoms with van der Waals surface area (Å²) in [6.45, 7) is 5.30. The van der Waals surface area contributed by atoms with Crippen LogP contribution in [0.3, 0.4) is 0 Å². The van der Waals surface area contributed by atoms with Crippen molar-refractivity contribution in [2.45, 2.75) is 32.7 Å². The van der Waals surface area contributed by atoms with Gasteiger partial charge >= 0.3 is 6.01 Å². The number of nitrogens with zero attached hydrogens (tertiary/aromatic N) is 4. The molecule has 2 aromatic rings. The third kappa shape index (κ3) is 3.77. The summed E-state index contributed by atoms with van der Waals surface area (Å²) in [5, 5.41) is 7.54. The Hall–Kier alpha value is -1.95. The molecule has 108 valence electrons. The molecule has 2 heterocycles. The van der Waals surface area contributed by atoms with Gasteiger partial charge in [0.2, 0.25) is 0 Å². The van der Waals surface area contributed by atoms with Gasteiger partial charge < -0.3 is 10.1 Å². The van der Waals surface area contributed by atoms with Crippen LogP contribution < -0.4 is 10.1 Å². The van der Waals surface area contributed by atoms with Crippen LogP contribution >= 0.6 is 0 Å². The minimum absolute atomic E-state index is 0.289. The number of hydrogen-bond donors (Lipinski definition) is 1. The van der Waals surface area contributed by atoms with Crippen LogP contribution in [0.5, 0.6) is 11.8 Å². The predicted molar refractivity (Wildman–Crippen MR) is 76.6 cm³/mol. The fourth-order valence-corrected chi connectivity index (χ4v) is 1.91. The minimum atomic E-state index is 0.289. The predicted octanol–water partition coefficient (Wildman–Crippen LogP) is 2.45. The molecule has 0 saturated heterocycles. The summed E-state index contributed by atoms with van der Waals surface area (Å²) < 4.78 is 7.12. The first-order valence-corrected chi connectivity index (χ1v) is 6.95. The van der Waals surface area contributed by atoms with Gasteiger partial charge in [0.15, 0.2) is 0 Å². The van der Waals surface area contributed by atoms with E-state index in [1.165, 1.54) is 0 Å². The number of ether oxygens (including phenoxy) is 1. The van der Waals surface area contributed by atoms with Gasteiger partial charge in [0.1, 0.15) is 12.1 Å².